The highest BCUT2D eigenvalue weighted by Gasteiger charge is 2.30. The summed E-state index contributed by atoms with van der Waals surface area (Å²) in [7, 11) is 0. The molecule has 1 aliphatic rings. The van der Waals surface area contributed by atoms with Crippen LogP contribution in [0.4, 0.5) is 10.5 Å². The fourth-order valence-electron chi connectivity index (χ4n) is 2.28. The van der Waals surface area contributed by atoms with E-state index in [0.717, 1.165) is 25.3 Å². The highest BCUT2D eigenvalue weighted by atomic mass is 35.5. The zero-order valence-electron chi connectivity index (χ0n) is 10.9. The molecule has 6 heteroatoms. The van der Waals surface area contributed by atoms with E-state index in [9.17, 15) is 4.79 Å². The zero-order valence-corrected chi connectivity index (χ0v) is 11.6. The van der Waals surface area contributed by atoms with Crippen LogP contribution in [0.1, 0.15) is 0 Å². The number of aromatic nitrogens is 2. The summed E-state index contributed by atoms with van der Waals surface area (Å²) in [6, 6.07) is 9.42. The van der Waals surface area contributed by atoms with Crippen LogP contribution >= 0.6 is 11.6 Å². The summed E-state index contributed by atoms with van der Waals surface area (Å²) in [5, 5.41) is 7.66. The summed E-state index contributed by atoms with van der Waals surface area (Å²) in [6.07, 6.45) is 3.42. The number of carbonyl (C=O) groups is 1. The Morgan fingerprint density at radius 3 is 2.75 bits per heavy atom. The third-order valence-corrected chi connectivity index (χ3v) is 3.51. The summed E-state index contributed by atoms with van der Waals surface area (Å²) in [5.41, 5.74) is 0.819. The van der Waals surface area contributed by atoms with Crippen molar-refractivity contribution in [2.45, 2.75) is 6.54 Å². The number of benzene rings is 1. The molecule has 1 aliphatic heterocycles. The minimum atomic E-state index is -0.0500. The number of carbonyl (C=O) groups excluding carboxylic acids is 1. The Kier molecular flexibility index (Phi) is 3.60. The van der Waals surface area contributed by atoms with Crippen molar-refractivity contribution < 1.29 is 4.79 Å². The van der Waals surface area contributed by atoms with Crippen LogP contribution in [0, 0.1) is 5.92 Å². The van der Waals surface area contributed by atoms with E-state index in [0.29, 0.717) is 10.9 Å². The molecule has 0 unspecified atom stereocenters. The number of amides is 2. The lowest BCUT2D eigenvalue weighted by Crippen LogP contribution is -2.52. The second-order valence-corrected chi connectivity index (χ2v) is 5.38. The van der Waals surface area contributed by atoms with Gasteiger partial charge in [0.1, 0.15) is 0 Å². The third kappa shape index (κ3) is 2.93. The molecule has 0 spiro atoms. The molecule has 5 nitrogen and oxygen atoms in total. The Hall–Kier alpha value is -2.01. The summed E-state index contributed by atoms with van der Waals surface area (Å²) >= 11 is 5.82. The SMILES string of the molecule is O=C(Nc1ccccc1)N1CC(Cn2cc(Cl)cn2)C1. The molecule has 0 bridgehead atoms. The molecule has 1 aromatic heterocycles. The summed E-state index contributed by atoms with van der Waals surface area (Å²) in [6.45, 7) is 2.29. The fraction of sp³-hybridized carbons (Fsp3) is 0.286. The molecule has 1 saturated heterocycles. The van der Waals surface area contributed by atoms with Gasteiger partial charge in [-0.1, -0.05) is 29.8 Å². The monoisotopic (exact) mass is 290 g/mol. The van der Waals surface area contributed by atoms with Crippen LogP contribution in [-0.2, 0) is 6.54 Å². The van der Waals surface area contributed by atoms with Gasteiger partial charge in [0.25, 0.3) is 0 Å². The van der Waals surface area contributed by atoms with Gasteiger partial charge in [-0.05, 0) is 12.1 Å². The van der Waals surface area contributed by atoms with E-state index in [-0.39, 0.29) is 6.03 Å². The quantitative estimate of drug-likeness (QED) is 0.945. The van der Waals surface area contributed by atoms with Gasteiger partial charge >= 0.3 is 6.03 Å². The number of hydrogen-bond donors (Lipinski definition) is 1. The molecular weight excluding hydrogens is 276 g/mol. The molecule has 0 aliphatic carbocycles. The first-order valence-corrected chi connectivity index (χ1v) is 6.87. The van der Waals surface area contributed by atoms with Crippen molar-refractivity contribution in [3.8, 4) is 0 Å². The highest BCUT2D eigenvalue weighted by Crippen LogP contribution is 2.19. The normalized spacial score (nSPS) is 14.9. The fourth-order valence-corrected chi connectivity index (χ4v) is 2.43. The number of anilines is 1. The lowest BCUT2D eigenvalue weighted by molar-refractivity contribution is 0.117. The first kappa shape index (κ1) is 13.0. The van der Waals surface area contributed by atoms with E-state index in [1.165, 1.54) is 0 Å². The molecule has 0 atom stereocenters. The van der Waals surface area contributed by atoms with Gasteiger partial charge in [0, 0.05) is 37.4 Å². The number of nitrogens with one attached hydrogen (secondary N) is 1. The average Bonchev–Trinajstić information content (AvgIpc) is 2.80. The molecule has 1 N–H and O–H groups in total. The maximum atomic E-state index is 12.0. The summed E-state index contributed by atoms with van der Waals surface area (Å²) in [4.78, 5) is 13.8. The Morgan fingerprint density at radius 2 is 2.10 bits per heavy atom. The van der Waals surface area contributed by atoms with E-state index < -0.39 is 0 Å². The van der Waals surface area contributed by atoms with Crippen LogP contribution in [-0.4, -0.2) is 33.8 Å². The number of likely N-dealkylation sites (tertiary alicyclic amines) is 1. The van der Waals surface area contributed by atoms with Crippen molar-refractivity contribution in [1.82, 2.24) is 14.7 Å². The third-order valence-electron chi connectivity index (χ3n) is 3.32. The van der Waals surface area contributed by atoms with Gasteiger partial charge in [-0.15, -0.1) is 0 Å². The maximum absolute atomic E-state index is 12.0. The molecule has 1 fully saturated rings. The van der Waals surface area contributed by atoms with Gasteiger partial charge < -0.3 is 10.2 Å². The molecular formula is C14H15ClN4O. The lowest BCUT2D eigenvalue weighted by Gasteiger charge is -2.39. The minimum Gasteiger partial charge on any atom is -0.324 e. The van der Waals surface area contributed by atoms with Crippen LogP contribution in [0.15, 0.2) is 42.7 Å². The molecule has 2 aromatic rings. The first-order valence-electron chi connectivity index (χ1n) is 6.49. The van der Waals surface area contributed by atoms with Gasteiger partial charge in [-0.25, -0.2) is 4.79 Å². The Balaban J connectivity index is 1.47. The second-order valence-electron chi connectivity index (χ2n) is 4.95. The van der Waals surface area contributed by atoms with Crippen LogP contribution < -0.4 is 5.32 Å². The number of halogens is 1. The van der Waals surface area contributed by atoms with E-state index in [1.54, 1.807) is 17.3 Å². The van der Waals surface area contributed by atoms with E-state index in [1.807, 2.05) is 35.0 Å². The molecule has 1 aromatic carbocycles. The van der Waals surface area contributed by atoms with E-state index in [4.69, 9.17) is 11.6 Å². The lowest BCUT2D eigenvalue weighted by atomic mass is 10.0. The Bertz CT molecular complexity index is 592. The maximum Gasteiger partial charge on any atom is 0.321 e. The smallest absolute Gasteiger partial charge is 0.321 e. The van der Waals surface area contributed by atoms with Crippen LogP contribution in [0.3, 0.4) is 0 Å². The summed E-state index contributed by atoms with van der Waals surface area (Å²) in [5.74, 6) is 0.437. The topological polar surface area (TPSA) is 50.2 Å². The second kappa shape index (κ2) is 5.54. The van der Waals surface area contributed by atoms with Gasteiger partial charge in [0.05, 0.1) is 11.2 Å². The number of rotatable bonds is 3. The summed E-state index contributed by atoms with van der Waals surface area (Å²) < 4.78 is 1.82. The Morgan fingerprint density at radius 1 is 1.35 bits per heavy atom. The van der Waals surface area contributed by atoms with Crippen molar-refractivity contribution in [3.05, 3.63) is 47.7 Å². The zero-order chi connectivity index (χ0) is 13.9. The highest BCUT2D eigenvalue weighted by molar-refractivity contribution is 6.30. The van der Waals surface area contributed by atoms with Crippen molar-refractivity contribution >= 4 is 23.3 Å². The predicted octanol–water partition coefficient (Wildman–Crippen LogP) is 2.70. The number of nitrogens with zero attached hydrogens (tertiary/aromatic N) is 3. The molecule has 104 valence electrons. The van der Waals surface area contributed by atoms with Crippen LogP contribution in [0.5, 0.6) is 0 Å². The predicted molar refractivity (Wildman–Crippen MR) is 77.8 cm³/mol. The van der Waals surface area contributed by atoms with Gasteiger partial charge in [0.2, 0.25) is 0 Å². The number of para-hydroxylation sites is 1. The molecule has 20 heavy (non-hydrogen) atoms. The largest absolute Gasteiger partial charge is 0.324 e. The first-order chi connectivity index (χ1) is 9.70. The minimum absolute atomic E-state index is 0.0500. The number of urea groups is 1. The van der Waals surface area contributed by atoms with Gasteiger partial charge in [-0.2, -0.15) is 5.10 Å². The van der Waals surface area contributed by atoms with Crippen molar-refractivity contribution in [2.75, 3.05) is 18.4 Å². The Labute approximate surface area is 122 Å². The average molecular weight is 291 g/mol. The van der Waals surface area contributed by atoms with E-state index >= 15 is 0 Å². The molecule has 2 heterocycles. The molecule has 0 radical (unpaired) electrons. The molecule has 0 saturated carbocycles. The van der Waals surface area contributed by atoms with Gasteiger partial charge in [-0.3, -0.25) is 4.68 Å². The van der Waals surface area contributed by atoms with Crippen molar-refractivity contribution in [3.63, 3.8) is 0 Å². The molecule has 2 amide bonds. The molecule has 3 rings (SSSR count). The van der Waals surface area contributed by atoms with Crippen LogP contribution in [0.2, 0.25) is 5.02 Å². The van der Waals surface area contributed by atoms with Crippen molar-refractivity contribution in [2.24, 2.45) is 5.92 Å². The van der Waals surface area contributed by atoms with Crippen molar-refractivity contribution in [1.29, 1.82) is 0 Å². The van der Waals surface area contributed by atoms with Crippen LogP contribution in [0.25, 0.3) is 0 Å². The van der Waals surface area contributed by atoms with Gasteiger partial charge in [0.15, 0.2) is 0 Å². The number of hydrogen-bond acceptors (Lipinski definition) is 2. The standard InChI is InChI=1S/C14H15ClN4O/c15-12-6-16-19(10-12)9-11-7-18(8-11)14(20)17-13-4-2-1-3-5-13/h1-6,10-11H,7-9H2,(H,17,20). The van der Waals surface area contributed by atoms with E-state index in [2.05, 4.69) is 10.4 Å².